The number of guanidine groups is 1. The standard InChI is InChI=1S/C11H23N3O2S.HI/c1-3-12-11(14-9-10-5-6-10)13-7-8-17(15,16)4-2;/h10H,3-9H2,1-2H3,(H2,12,13,14);1H. The quantitative estimate of drug-likeness (QED) is 0.387. The van der Waals surface area contributed by atoms with Gasteiger partial charge in [0.15, 0.2) is 15.8 Å². The number of hydrogen-bond acceptors (Lipinski definition) is 3. The van der Waals surface area contributed by atoms with E-state index in [0.29, 0.717) is 6.54 Å². The summed E-state index contributed by atoms with van der Waals surface area (Å²) < 4.78 is 22.6. The molecule has 0 aliphatic heterocycles. The second kappa shape index (κ2) is 8.95. The minimum Gasteiger partial charge on any atom is -0.357 e. The fraction of sp³-hybridized carbons (Fsp3) is 0.909. The minimum absolute atomic E-state index is 0. The van der Waals surface area contributed by atoms with E-state index in [9.17, 15) is 8.42 Å². The number of sulfone groups is 1. The average molecular weight is 389 g/mol. The molecule has 1 saturated carbocycles. The predicted octanol–water partition coefficient (Wildman–Crippen LogP) is 1.00. The molecule has 1 aliphatic rings. The van der Waals surface area contributed by atoms with Gasteiger partial charge in [-0.05, 0) is 25.7 Å². The highest BCUT2D eigenvalue weighted by molar-refractivity contribution is 14.0. The van der Waals surface area contributed by atoms with Crippen LogP contribution in [0.5, 0.6) is 0 Å². The summed E-state index contributed by atoms with van der Waals surface area (Å²) in [5.41, 5.74) is 0. The second-order valence-corrected chi connectivity index (χ2v) is 6.80. The summed E-state index contributed by atoms with van der Waals surface area (Å²) >= 11 is 0. The molecule has 0 aromatic heterocycles. The topological polar surface area (TPSA) is 70.6 Å². The monoisotopic (exact) mass is 389 g/mol. The summed E-state index contributed by atoms with van der Waals surface area (Å²) in [6.45, 7) is 5.72. The Balaban J connectivity index is 0.00000289. The van der Waals surface area contributed by atoms with Gasteiger partial charge in [-0.2, -0.15) is 0 Å². The molecule has 0 radical (unpaired) electrons. The van der Waals surface area contributed by atoms with Crippen molar-refractivity contribution >= 4 is 39.8 Å². The molecular weight excluding hydrogens is 365 g/mol. The zero-order valence-electron chi connectivity index (χ0n) is 11.1. The van der Waals surface area contributed by atoms with Crippen molar-refractivity contribution in [2.75, 3.05) is 31.1 Å². The molecule has 0 atom stereocenters. The van der Waals surface area contributed by atoms with Gasteiger partial charge in [0.25, 0.3) is 0 Å². The molecular formula is C11H24IN3O2S. The van der Waals surface area contributed by atoms with E-state index < -0.39 is 9.84 Å². The first kappa shape index (κ1) is 17.9. The van der Waals surface area contributed by atoms with Crippen molar-refractivity contribution < 1.29 is 8.42 Å². The van der Waals surface area contributed by atoms with Crippen LogP contribution in [0, 0.1) is 5.92 Å². The number of rotatable bonds is 7. The van der Waals surface area contributed by atoms with E-state index in [-0.39, 0.29) is 35.5 Å². The van der Waals surface area contributed by atoms with E-state index in [1.165, 1.54) is 12.8 Å². The van der Waals surface area contributed by atoms with Crippen molar-refractivity contribution in [1.82, 2.24) is 10.6 Å². The molecule has 2 N–H and O–H groups in total. The first-order valence-corrected chi connectivity index (χ1v) is 8.12. The van der Waals surface area contributed by atoms with Crippen LogP contribution < -0.4 is 10.6 Å². The van der Waals surface area contributed by atoms with Gasteiger partial charge >= 0.3 is 0 Å². The number of halogens is 1. The smallest absolute Gasteiger partial charge is 0.191 e. The number of nitrogens with zero attached hydrogens (tertiary/aromatic N) is 1. The van der Waals surface area contributed by atoms with Gasteiger partial charge in [-0.15, -0.1) is 24.0 Å². The molecule has 0 amide bonds. The van der Waals surface area contributed by atoms with Gasteiger partial charge in [-0.1, -0.05) is 6.92 Å². The maximum Gasteiger partial charge on any atom is 0.191 e. The van der Waals surface area contributed by atoms with Crippen molar-refractivity contribution in [1.29, 1.82) is 0 Å². The Morgan fingerprint density at radius 3 is 2.44 bits per heavy atom. The van der Waals surface area contributed by atoms with Crippen LogP contribution in [-0.4, -0.2) is 45.5 Å². The van der Waals surface area contributed by atoms with Crippen LogP contribution in [0.25, 0.3) is 0 Å². The van der Waals surface area contributed by atoms with Crippen LogP contribution in [0.2, 0.25) is 0 Å². The molecule has 0 spiro atoms. The average Bonchev–Trinajstić information content (AvgIpc) is 3.09. The third kappa shape index (κ3) is 8.12. The number of hydrogen-bond donors (Lipinski definition) is 2. The lowest BCUT2D eigenvalue weighted by atomic mass is 10.4. The molecule has 108 valence electrons. The van der Waals surface area contributed by atoms with Gasteiger partial charge in [0.1, 0.15) is 0 Å². The Morgan fingerprint density at radius 2 is 1.94 bits per heavy atom. The molecule has 0 aromatic carbocycles. The Bertz CT molecular complexity index is 353. The third-order valence-corrected chi connectivity index (χ3v) is 4.40. The molecule has 1 fully saturated rings. The van der Waals surface area contributed by atoms with Crippen molar-refractivity contribution in [3.8, 4) is 0 Å². The molecule has 0 saturated heterocycles. The van der Waals surface area contributed by atoms with Gasteiger partial charge in [0.2, 0.25) is 0 Å². The summed E-state index contributed by atoms with van der Waals surface area (Å²) in [6.07, 6.45) is 2.54. The lowest BCUT2D eigenvalue weighted by Crippen LogP contribution is -2.39. The highest BCUT2D eigenvalue weighted by Gasteiger charge is 2.20. The SMILES string of the molecule is CCNC(=NCC1CC1)NCCS(=O)(=O)CC.I. The van der Waals surface area contributed by atoms with E-state index in [2.05, 4.69) is 15.6 Å². The van der Waals surface area contributed by atoms with Gasteiger partial charge in [0, 0.05) is 25.4 Å². The molecule has 0 bridgehead atoms. The van der Waals surface area contributed by atoms with Crippen LogP contribution in [0.4, 0.5) is 0 Å². The molecule has 0 unspecified atom stereocenters. The predicted molar refractivity (Wildman–Crippen MR) is 86.4 cm³/mol. The highest BCUT2D eigenvalue weighted by Crippen LogP contribution is 2.28. The summed E-state index contributed by atoms with van der Waals surface area (Å²) in [5.74, 6) is 1.83. The van der Waals surface area contributed by atoms with Gasteiger partial charge < -0.3 is 10.6 Å². The molecule has 5 nitrogen and oxygen atoms in total. The first-order chi connectivity index (χ1) is 8.07. The van der Waals surface area contributed by atoms with Crippen LogP contribution in [0.3, 0.4) is 0 Å². The van der Waals surface area contributed by atoms with Crippen LogP contribution >= 0.6 is 24.0 Å². The van der Waals surface area contributed by atoms with E-state index in [1.807, 2.05) is 6.92 Å². The summed E-state index contributed by atoms with van der Waals surface area (Å²) in [7, 11) is -2.89. The Morgan fingerprint density at radius 1 is 1.28 bits per heavy atom. The van der Waals surface area contributed by atoms with E-state index in [1.54, 1.807) is 6.92 Å². The zero-order chi connectivity index (χ0) is 12.7. The van der Waals surface area contributed by atoms with Crippen molar-refractivity contribution in [3.05, 3.63) is 0 Å². The van der Waals surface area contributed by atoms with Crippen LogP contribution in [-0.2, 0) is 9.84 Å². The normalized spacial score (nSPS) is 16.0. The fourth-order valence-electron chi connectivity index (χ4n) is 1.33. The third-order valence-electron chi connectivity index (χ3n) is 2.69. The Hall–Kier alpha value is -0.0500. The molecule has 0 aromatic rings. The molecule has 1 rings (SSSR count). The molecule has 1 aliphatic carbocycles. The van der Waals surface area contributed by atoms with Crippen molar-refractivity contribution in [2.24, 2.45) is 10.9 Å². The van der Waals surface area contributed by atoms with E-state index >= 15 is 0 Å². The first-order valence-electron chi connectivity index (χ1n) is 6.30. The summed E-state index contributed by atoms with van der Waals surface area (Å²) in [5, 5.41) is 6.17. The van der Waals surface area contributed by atoms with Crippen molar-refractivity contribution in [2.45, 2.75) is 26.7 Å². The summed E-state index contributed by atoms with van der Waals surface area (Å²) in [6, 6.07) is 0. The molecule has 18 heavy (non-hydrogen) atoms. The van der Waals surface area contributed by atoms with Crippen LogP contribution in [0.1, 0.15) is 26.7 Å². The molecule has 0 heterocycles. The van der Waals surface area contributed by atoms with Gasteiger partial charge in [-0.3, -0.25) is 4.99 Å². The van der Waals surface area contributed by atoms with Crippen LogP contribution in [0.15, 0.2) is 4.99 Å². The highest BCUT2D eigenvalue weighted by atomic mass is 127. The lowest BCUT2D eigenvalue weighted by Gasteiger charge is -2.10. The van der Waals surface area contributed by atoms with E-state index in [4.69, 9.17) is 0 Å². The van der Waals surface area contributed by atoms with Gasteiger partial charge in [-0.25, -0.2) is 8.42 Å². The Kier molecular flexibility index (Phi) is 8.93. The maximum absolute atomic E-state index is 11.3. The summed E-state index contributed by atoms with van der Waals surface area (Å²) in [4.78, 5) is 4.42. The lowest BCUT2D eigenvalue weighted by molar-refractivity contribution is 0.595. The minimum atomic E-state index is -2.89. The zero-order valence-corrected chi connectivity index (χ0v) is 14.3. The van der Waals surface area contributed by atoms with E-state index in [0.717, 1.165) is 25.0 Å². The number of nitrogens with one attached hydrogen (secondary N) is 2. The number of aliphatic imine (C=N–C) groups is 1. The van der Waals surface area contributed by atoms with Gasteiger partial charge in [0.05, 0.1) is 5.75 Å². The molecule has 7 heteroatoms. The van der Waals surface area contributed by atoms with Crippen molar-refractivity contribution in [3.63, 3.8) is 0 Å². The second-order valence-electron chi connectivity index (χ2n) is 4.33. The largest absolute Gasteiger partial charge is 0.357 e. The fourth-order valence-corrected chi connectivity index (χ4v) is 2.03. The maximum atomic E-state index is 11.3. The Labute approximate surface area is 127 Å².